The minimum absolute atomic E-state index is 0.245. The molecular weight excluding hydrogens is 287 g/mol. The molecule has 1 aliphatic heterocycles. The fraction of sp³-hybridized carbons (Fsp3) is 0.571. The molecule has 1 fully saturated rings. The van der Waals surface area contributed by atoms with E-state index in [1.54, 1.807) is 12.1 Å². The zero-order chi connectivity index (χ0) is 15.3. The molecule has 0 atom stereocenters. The third-order valence-corrected chi connectivity index (χ3v) is 3.48. The van der Waals surface area contributed by atoms with Crippen molar-refractivity contribution in [2.75, 3.05) is 19.8 Å². The number of alkyl halides is 3. The molecule has 1 heterocycles. The van der Waals surface area contributed by atoms with Gasteiger partial charge >= 0.3 is 6.36 Å². The summed E-state index contributed by atoms with van der Waals surface area (Å²) in [4.78, 5) is 0. The van der Waals surface area contributed by atoms with Crippen LogP contribution < -0.4 is 10.5 Å². The third kappa shape index (κ3) is 4.87. The first-order valence-corrected chi connectivity index (χ1v) is 6.69. The van der Waals surface area contributed by atoms with Crippen molar-refractivity contribution in [1.82, 2.24) is 0 Å². The molecule has 1 saturated heterocycles. The molecule has 21 heavy (non-hydrogen) atoms. The Kier molecular flexibility index (Phi) is 5.08. The van der Waals surface area contributed by atoms with Gasteiger partial charge < -0.3 is 19.9 Å². The van der Waals surface area contributed by atoms with Crippen LogP contribution in [-0.2, 0) is 16.1 Å². The van der Waals surface area contributed by atoms with Crippen LogP contribution in [-0.4, -0.2) is 31.7 Å². The highest BCUT2D eigenvalue weighted by atomic mass is 19.4. The summed E-state index contributed by atoms with van der Waals surface area (Å²) in [7, 11) is 0. The predicted molar refractivity (Wildman–Crippen MR) is 69.8 cm³/mol. The number of hydrogen-bond donors (Lipinski definition) is 1. The Morgan fingerprint density at radius 3 is 2.29 bits per heavy atom. The monoisotopic (exact) mass is 305 g/mol. The Balaban J connectivity index is 1.91. The van der Waals surface area contributed by atoms with E-state index in [0.29, 0.717) is 26.4 Å². The van der Waals surface area contributed by atoms with Crippen LogP contribution in [0.3, 0.4) is 0 Å². The summed E-state index contributed by atoms with van der Waals surface area (Å²) < 4.78 is 51.1. The van der Waals surface area contributed by atoms with Gasteiger partial charge in [-0.3, -0.25) is 0 Å². The fourth-order valence-corrected chi connectivity index (χ4v) is 2.17. The van der Waals surface area contributed by atoms with Crippen LogP contribution in [0.25, 0.3) is 0 Å². The van der Waals surface area contributed by atoms with Gasteiger partial charge in [-0.1, -0.05) is 12.1 Å². The Morgan fingerprint density at radius 1 is 1.14 bits per heavy atom. The second-order valence-corrected chi connectivity index (χ2v) is 4.98. The minimum atomic E-state index is -4.68. The lowest BCUT2D eigenvalue weighted by Gasteiger charge is -2.36. The van der Waals surface area contributed by atoms with E-state index in [-0.39, 0.29) is 5.75 Å². The first kappa shape index (κ1) is 16.1. The Morgan fingerprint density at radius 2 is 1.76 bits per heavy atom. The largest absolute Gasteiger partial charge is 0.573 e. The van der Waals surface area contributed by atoms with Crippen molar-refractivity contribution in [3.05, 3.63) is 29.8 Å². The van der Waals surface area contributed by atoms with Crippen molar-refractivity contribution >= 4 is 0 Å². The average Bonchev–Trinajstić information content (AvgIpc) is 2.46. The first-order chi connectivity index (χ1) is 9.92. The molecule has 7 heteroatoms. The molecule has 0 radical (unpaired) electrons. The lowest BCUT2D eigenvalue weighted by atomic mass is 9.94. The topological polar surface area (TPSA) is 53.7 Å². The van der Waals surface area contributed by atoms with Gasteiger partial charge in [0.2, 0.25) is 0 Å². The summed E-state index contributed by atoms with van der Waals surface area (Å²) >= 11 is 0. The second kappa shape index (κ2) is 6.64. The molecule has 0 aromatic heterocycles. The van der Waals surface area contributed by atoms with E-state index in [9.17, 15) is 13.2 Å². The number of rotatable bonds is 5. The van der Waals surface area contributed by atoms with Crippen LogP contribution in [0.15, 0.2) is 24.3 Å². The molecular formula is C14H18F3NO3. The van der Waals surface area contributed by atoms with Crippen molar-refractivity contribution in [3.63, 3.8) is 0 Å². The maximum atomic E-state index is 12.1. The van der Waals surface area contributed by atoms with Gasteiger partial charge in [-0.15, -0.1) is 13.2 Å². The van der Waals surface area contributed by atoms with Gasteiger partial charge in [-0.2, -0.15) is 0 Å². The maximum Gasteiger partial charge on any atom is 0.573 e. The molecule has 0 amide bonds. The molecule has 2 rings (SSSR count). The van der Waals surface area contributed by atoms with Crippen LogP contribution >= 0.6 is 0 Å². The van der Waals surface area contributed by atoms with Gasteiger partial charge in [0, 0.05) is 32.6 Å². The molecule has 118 valence electrons. The molecule has 4 nitrogen and oxygen atoms in total. The van der Waals surface area contributed by atoms with E-state index >= 15 is 0 Å². The summed E-state index contributed by atoms with van der Waals surface area (Å²) in [6, 6.07) is 5.63. The number of nitrogens with two attached hydrogens (primary N) is 1. The lowest BCUT2D eigenvalue weighted by molar-refractivity contribution is -0.274. The molecule has 2 N–H and O–H groups in total. The van der Waals surface area contributed by atoms with Gasteiger partial charge in [0.05, 0.1) is 12.2 Å². The summed E-state index contributed by atoms with van der Waals surface area (Å²) in [5, 5.41) is 0. The van der Waals surface area contributed by atoms with Crippen LogP contribution in [0.4, 0.5) is 13.2 Å². The highest BCUT2D eigenvalue weighted by molar-refractivity contribution is 5.27. The smallest absolute Gasteiger partial charge is 0.406 e. The zero-order valence-electron chi connectivity index (χ0n) is 11.5. The van der Waals surface area contributed by atoms with E-state index in [0.717, 1.165) is 18.4 Å². The van der Waals surface area contributed by atoms with E-state index < -0.39 is 12.0 Å². The molecule has 0 aliphatic carbocycles. The fourth-order valence-electron chi connectivity index (χ4n) is 2.17. The van der Waals surface area contributed by atoms with E-state index in [2.05, 4.69) is 4.74 Å². The van der Waals surface area contributed by atoms with Gasteiger partial charge in [-0.25, -0.2) is 0 Å². The lowest BCUT2D eigenvalue weighted by Crippen LogP contribution is -2.45. The zero-order valence-corrected chi connectivity index (χ0v) is 11.5. The standard InChI is InChI=1S/C14H18F3NO3/c15-14(16,17)21-12-3-1-11(2-4-12)9-20-13(10-18)5-7-19-8-6-13/h1-4H,5-10,18H2. The van der Waals surface area contributed by atoms with Crippen LogP contribution in [0.1, 0.15) is 18.4 Å². The maximum absolute atomic E-state index is 12.1. The number of benzene rings is 1. The van der Waals surface area contributed by atoms with Gasteiger partial charge in [0.25, 0.3) is 0 Å². The number of halogens is 3. The normalized spacial score (nSPS) is 18.5. The van der Waals surface area contributed by atoms with Crippen molar-refractivity contribution in [2.45, 2.75) is 31.4 Å². The molecule has 1 aromatic rings. The third-order valence-electron chi connectivity index (χ3n) is 3.48. The van der Waals surface area contributed by atoms with Crippen molar-refractivity contribution in [1.29, 1.82) is 0 Å². The second-order valence-electron chi connectivity index (χ2n) is 4.98. The SMILES string of the molecule is NCC1(OCc2ccc(OC(F)(F)F)cc2)CCOCC1. The van der Waals surface area contributed by atoms with E-state index in [1.807, 2.05) is 0 Å². The van der Waals surface area contributed by atoms with Gasteiger partial charge in [0.15, 0.2) is 0 Å². The summed E-state index contributed by atoms with van der Waals surface area (Å²) in [6.45, 7) is 1.90. The Bertz CT molecular complexity index is 442. The molecule has 1 aromatic carbocycles. The quantitative estimate of drug-likeness (QED) is 0.908. The number of hydrogen-bond acceptors (Lipinski definition) is 4. The summed E-state index contributed by atoms with van der Waals surface area (Å²) in [5.74, 6) is -0.245. The van der Waals surface area contributed by atoms with Crippen LogP contribution in [0.2, 0.25) is 0 Å². The summed E-state index contributed by atoms with van der Waals surface area (Å²) in [6.07, 6.45) is -3.23. The molecule has 0 spiro atoms. The highest BCUT2D eigenvalue weighted by Gasteiger charge is 2.32. The van der Waals surface area contributed by atoms with Gasteiger partial charge in [0.1, 0.15) is 5.75 Å². The van der Waals surface area contributed by atoms with Crippen molar-refractivity contribution in [3.8, 4) is 5.75 Å². The Labute approximate surface area is 121 Å². The molecule has 1 aliphatic rings. The highest BCUT2D eigenvalue weighted by Crippen LogP contribution is 2.26. The minimum Gasteiger partial charge on any atom is -0.406 e. The van der Waals surface area contributed by atoms with Crippen LogP contribution in [0.5, 0.6) is 5.75 Å². The number of ether oxygens (including phenoxy) is 3. The van der Waals surface area contributed by atoms with Crippen molar-refractivity contribution in [2.24, 2.45) is 5.73 Å². The van der Waals surface area contributed by atoms with E-state index in [4.69, 9.17) is 15.2 Å². The van der Waals surface area contributed by atoms with Gasteiger partial charge in [-0.05, 0) is 17.7 Å². The van der Waals surface area contributed by atoms with Crippen LogP contribution in [0, 0.1) is 0 Å². The molecule has 0 unspecified atom stereocenters. The van der Waals surface area contributed by atoms with Crippen molar-refractivity contribution < 1.29 is 27.4 Å². The first-order valence-electron chi connectivity index (χ1n) is 6.69. The summed E-state index contributed by atoms with van der Waals surface area (Å²) in [5.41, 5.74) is 6.13. The van der Waals surface area contributed by atoms with E-state index in [1.165, 1.54) is 12.1 Å². The predicted octanol–water partition coefficient (Wildman–Crippen LogP) is 2.61. The molecule has 0 bridgehead atoms. The Hall–Kier alpha value is -1.31. The molecule has 0 saturated carbocycles. The average molecular weight is 305 g/mol.